The molecule has 0 saturated carbocycles. The minimum absolute atomic E-state index is 0.128. The summed E-state index contributed by atoms with van der Waals surface area (Å²) in [5.74, 6) is -0.493. The Balaban J connectivity index is 2.12. The Kier molecular flexibility index (Phi) is 5.31. The maximum absolute atomic E-state index is 12.2. The molecule has 0 saturated heterocycles. The van der Waals surface area contributed by atoms with Gasteiger partial charge in [-0.25, -0.2) is 9.78 Å². The molecule has 0 aliphatic heterocycles. The van der Waals surface area contributed by atoms with Crippen LogP contribution in [0.3, 0.4) is 0 Å². The molecule has 1 N–H and O–H groups in total. The molecule has 0 aliphatic rings. The lowest BCUT2D eigenvalue weighted by Crippen LogP contribution is -2.26. The number of carbonyl (C=O) groups excluding carboxylic acids is 2. The number of nitrogens with one attached hydrogen (secondary N) is 1. The Hall–Kier alpha value is -1.73. The van der Waals surface area contributed by atoms with Gasteiger partial charge in [0.1, 0.15) is 9.88 Å². The third kappa shape index (κ3) is 3.53. The molecule has 0 bridgehead atoms. The number of thiazole rings is 1. The van der Waals surface area contributed by atoms with Gasteiger partial charge >= 0.3 is 5.97 Å². The first-order chi connectivity index (χ1) is 10.4. The van der Waals surface area contributed by atoms with E-state index in [-0.39, 0.29) is 17.9 Å². The molecule has 2 rings (SSSR count). The molecule has 1 unspecified atom stereocenters. The lowest BCUT2D eigenvalue weighted by Gasteiger charge is -2.10. The van der Waals surface area contributed by atoms with Crippen LogP contribution in [0.15, 0.2) is 10.8 Å². The summed E-state index contributed by atoms with van der Waals surface area (Å²) in [6, 6.07) is -0.265. The molecule has 2 aromatic rings. The van der Waals surface area contributed by atoms with E-state index in [9.17, 15) is 9.59 Å². The quantitative estimate of drug-likeness (QED) is 0.847. The second-order valence-electron chi connectivity index (χ2n) is 4.85. The van der Waals surface area contributed by atoms with Crippen LogP contribution in [0.25, 0.3) is 0 Å². The second-order valence-corrected chi connectivity index (χ2v) is 6.62. The summed E-state index contributed by atoms with van der Waals surface area (Å²) < 4.78 is 5.00. The standard InChI is InChI=1S/C15H18N2O3S2/c1-5-20-15(19)12-9(3)17-14(22-12)10(4)16-13(18)11-7-21-6-8(11)2/h6-7,10H,5H2,1-4H3,(H,16,18). The first-order valence-corrected chi connectivity index (χ1v) is 8.68. The highest BCUT2D eigenvalue weighted by molar-refractivity contribution is 7.13. The number of carbonyl (C=O) groups is 2. The molecular weight excluding hydrogens is 320 g/mol. The van der Waals surface area contributed by atoms with Crippen molar-refractivity contribution in [3.8, 4) is 0 Å². The zero-order valence-corrected chi connectivity index (χ0v) is 14.6. The van der Waals surface area contributed by atoms with E-state index in [1.165, 1.54) is 22.7 Å². The summed E-state index contributed by atoms with van der Waals surface area (Å²) in [6.07, 6.45) is 0. The summed E-state index contributed by atoms with van der Waals surface area (Å²) in [7, 11) is 0. The van der Waals surface area contributed by atoms with Gasteiger partial charge in [0.05, 0.1) is 23.9 Å². The zero-order valence-electron chi connectivity index (χ0n) is 12.9. The predicted molar refractivity (Wildman–Crippen MR) is 87.7 cm³/mol. The topological polar surface area (TPSA) is 68.3 Å². The fourth-order valence-corrected chi connectivity index (χ4v) is 3.71. The zero-order chi connectivity index (χ0) is 16.3. The Morgan fingerprint density at radius 2 is 2.09 bits per heavy atom. The minimum Gasteiger partial charge on any atom is -0.462 e. The van der Waals surface area contributed by atoms with Crippen LogP contribution in [0.4, 0.5) is 0 Å². The van der Waals surface area contributed by atoms with Gasteiger partial charge in [-0.3, -0.25) is 4.79 Å². The molecule has 1 amide bonds. The summed E-state index contributed by atoms with van der Waals surface area (Å²) in [5, 5.41) is 7.37. The van der Waals surface area contributed by atoms with Gasteiger partial charge in [0.25, 0.3) is 5.91 Å². The molecule has 0 aromatic carbocycles. The van der Waals surface area contributed by atoms with Crippen LogP contribution in [0.1, 0.15) is 56.2 Å². The Morgan fingerprint density at radius 3 is 2.68 bits per heavy atom. The minimum atomic E-state index is -0.365. The van der Waals surface area contributed by atoms with Gasteiger partial charge in [-0.05, 0) is 38.6 Å². The molecule has 22 heavy (non-hydrogen) atoms. The van der Waals surface area contributed by atoms with Crippen molar-refractivity contribution in [2.75, 3.05) is 6.61 Å². The first-order valence-electron chi connectivity index (χ1n) is 6.92. The number of amides is 1. The van der Waals surface area contributed by atoms with Crippen molar-refractivity contribution in [2.45, 2.75) is 33.7 Å². The van der Waals surface area contributed by atoms with Gasteiger partial charge in [-0.15, -0.1) is 11.3 Å². The molecule has 5 nitrogen and oxygen atoms in total. The Labute approximate surface area is 137 Å². The van der Waals surface area contributed by atoms with Gasteiger partial charge in [0.15, 0.2) is 0 Å². The van der Waals surface area contributed by atoms with Crippen molar-refractivity contribution in [3.63, 3.8) is 0 Å². The average Bonchev–Trinajstić information content (AvgIpc) is 3.05. The number of hydrogen-bond donors (Lipinski definition) is 1. The molecule has 0 fully saturated rings. The van der Waals surface area contributed by atoms with Crippen molar-refractivity contribution in [2.24, 2.45) is 0 Å². The maximum Gasteiger partial charge on any atom is 0.350 e. The Morgan fingerprint density at radius 1 is 1.36 bits per heavy atom. The van der Waals surface area contributed by atoms with Crippen molar-refractivity contribution in [1.82, 2.24) is 10.3 Å². The molecule has 1 atom stereocenters. The van der Waals surface area contributed by atoms with Crippen molar-refractivity contribution in [3.05, 3.63) is 37.5 Å². The fraction of sp³-hybridized carbons (Fsp3) is 0.400. The number of esters is 1. The second kappa shape index (κ2) is 7.02. The van der Waals surface area contributed by atoms with E-state index >= 15 is 0 Å². The van der Waals surface area contributed by atoms with E-state index < -0.39 is 0 Å². The lowest BCUT2D eigenvalue weighted by atomic mass is 10.2. The highest BCUT2D eigenvalue weighted by atomic mass is 32.1. The third-order valence-electron chi connectivity index (χ3n) is 3.09. The number of hydrogen-bond acceptors (Lipinski definition) is 6. The van der Waals surface area contributed by atoms with Crippen LogP contribution in [-0.4, -0.2) is 23.5 Å². The number of rotatable bonds is 5. The molecule has 0 aliphatic carbocycles. The van der Waals surface area contributed by atoms with Gasteiger partial charge in [-0.1, -0.05) is 0 Å². The number of nitrogens with zero attached hydrogens (tertiary/aromatic N) is 1. The van der Waals surface area contributed by atoms with Crippen molar-refractivity contribution < 1.29 is 14.3 Å². The monoisotopic (exact) mass is 338 g/mol. The number of ether oxygens (including phenoxy) is 1. The van der Waals surface area contributed by atoms with Gasteiger partial charge in [0.2, 0.25) is 0 Å². The number of aromatic nitrogens is 1. The Bertz CT molecular complexity index is 691. The summed E-state index contributed by atoms with van der Waals surface area (Å²) in [6.45, 7) is 7.62. The molecule has 2 heterocycles. The highest BCUT2D eigenvalue weighted by Gasteiger charge is 2.21. The molecule has 0 spiro atoms. The molecular formula is C15H18N2O3S2. The van der Waals surface area contributed by atoms with Gasteiger partial charge in [0, 0.05) is 5.38 Å². The van der Waals surface area contributed by atoms with Crippen LogP contribution < -0.4 is 5.32 Å². The van der Waals surface area contributed by atoms with Crippen LogP contribution in [0.5, 0.6) is 0 Å². The van der Waals surface area contributed by atoms with E-state index in [2.05, 4.69) is 10.3 Å². The first kappa shape index (κ1) is 16.6. The predicted octanol–water partition coefficient (Wildman–Crippen LogP) is 3.49. The van der Waals surface area contributed by atoms with E-state index in [1.807, 2.05) is 24.6 Å². The lowest BCUT2D eigenvalue weighted by molar-refractivity contribution is 0.0531. The van der Waals surface area contributed by atoms with E-state index in [0.29, 0.717) is 27.7 Å². The number of thiophene rings is 1. The summed E-state index contributed by atoms with van der Waals surface area (Å²) >= 11 is 2.76. The van der Waals surface area contributed by atoms with E-state index in [4.69, 9.17) is 4.74 Å². The van der Waals surface area contributed by atoms with Gasteiger partial charge < -0.3 is 10.1 Å². The third-order valence-corrected chi connectivity index (χ3v) is 5.27. The van der Waals surface area contributed by atoms with Crippen LogP contribution in [-0.2, 0) is 4.74 Å². The van der Waals surface area contributed by atoms with E-state index in [1.54, 1.807) is 13.8 Å². The van der Waals surface area contributed by atoms with Gasteiger partial charge in [-0.2, -0.15) is 11.3 Å². The van der Waals surface area contributed by atoms with Crippen LogP contribution >= 0.6 is 22.7 Å². The molecule has 2 aromatic heterocycles. The maximum atomic E-state index is 12.2. The highest BCUT2D eigenvalue weighted by Crippen LogP contribution is 2.25. The fourth-order valence-electron chi connectivity index (χ4n) is 1.92. The molecule has 0 radical (unpaired) electrons. The molecule has 118 valence electrons. The van der Waals surface area contributed by atoms with Crippen molar-refractivity contribution in [1.29, 1.82) is 0 Å². The van der Waals surface area contributed by atoms with Crippen molar-refractivity contribution >= 4 is 34.6 Å². The average molecular weight is 338 g/mol. The normalized spacial score (nSPS) is 12.0. The number of aryl methyl sites for hydroxylation is 2. The smallest absolute Gasteiger partial charge is 0.350 e. The largest absolute Gasteiger partial charge is 0.462 e. The summed E-state index contributed by atoms with van der Waals surface area (Å²) in [4.78, 5) is 28.9. The van der Waals surface area contributed by atoms with E-state index in [0.717, 1.165) is 5.56 Å². The summed E-state index contributed by atoms with van der Waals surface area (Å²) in [5.41, 5.74) is 2.26. The van der Waals surface area contributed by atoms with Crippen LogP contribution in [0.2, 0.25) is 0 Å². The molecule has 7 heteroatoms. The van der Waals surface area contributed by atoms with Crippen LogP contribution in [0, 0.1) is 13.8 Å². The SMILES string of the molecule is CCOC(=O)c1sc(C(C)NC(=O)c2cscc2C)nc1C.